The van der Waals surface area contributed by atoms with Crippen LogP contribution in [0.15, 0.2) is 65.7 Å². The molecule has 30 heavy (non-hydrogen) atoms. The van der Waals surface area contributed by atoms with E-state index in [0.29, 0.717) is 11.4 Å². The molecule has 4 rings (SSSR count). The molecule has 0 amide bonds. The Morgan fingerprint density at radius 3 is 2.30 bits per heavy atom. The Balaban J connectivity index is 1.64. The molecule has 1 unspecified atom stereocenters. The molecule has 154 valence electrons. The van der Waals surface area contributed by atoms with E-state index in [1.54, 1.807) is 21.5 Å². The number of aromatic nitrogens is 3. The van der Waals surface area contributed by atoms with E-state index in [1.165, 1.54) is 11.1 Å². The number of hydrogen-bond acceptors (Lipinski definition) is 3. The molecule has 0 fully saturated rings. The smallest absolute Gasteiger partial charge is 0.276 e. The zero-order chi connectivity index (χ0) is 21.4. The lowest BCUT2D eigenvalue weighted by Gasteiger charge is -2.14. The molecule has 0 saturated carbocycles. The first-order valence-electron chi connectivity index (χ1n) is 10.3. The molecule has 4 aromatic rings. The van der Waals surface area contributed by atoms with Crippen LogP contribution in [0.4, 0.5) is 0 Å². The highest BCUT2D eigenvalue weighted by atomic mass is 16.3. The summed E-state index contributed by atoms with van der Waals surface area (Å²) in [6.07, 6.45) is 2.68. The summed E-state index contributed by atoms with van der Waals surface area (Å²) < 4.78 is 3.15. The van der Waals surface area contributed by atoms with Crippen LogP contribution in [-0.4, -0.2) is 19.3 Å². The van der Waals surface area contributed by atoms with Gasteiger partial charge in [0.15, 0.2) is 0 Å². The average Bonchev–Trinajstić information content (AvgIpc) is 3.17. The van der Waals surface area contributed by atoms with Crippen molar-refractivity contribution in [2.45, 2.75) is 46.3 Å². The van der Waals surface area contributed by atoms with E-state index in [0.717, 1.165) is 22.4 Å². The van der Waals surface area contributed by atoms with Crippen molar-refractivity contribution in [3.05, 3.63) is 93.5 Å². The van der Waals surface area contributed by atoms with Crippen LogP contribution in [0, 0.1) is 13.8 Å². The summed E-state index contributed by atoms with van der Waals surface area (Å²) in [5.41, 5.74) is 6.44. The van der Waals surface area contributed by atoms with E-state index in [9.17, 15) is 9.90 Å². The van der Waals surface area contributed by atoms with Gasteiger partial charge in [-0.1, -0.05) is 56.3 Å². The molecule has 2 aromatic heterocycles. The fourth-order valence-electron chi connectivity index (χ4n) is 3.61. The van der Waals surface area contributed by atoms with Gasteiger partial charge in [0.05, 0.1) is 18.3 Å². The van der Waals surface area contributed by atoms with E-state index < -0.39 is 6.10 Å². The largest absolute Gasteiger partial charge is 0.387 e. The molecule has 2 heterocycles. The van der Waals surface area contributed by atoms with Crippen molar-refractivity contribution in [3.63, 3.8) is 0 Å². The molecule has 1 atom stereocenters. The lowest BCUT2D eigenvalue weighted by Crippen LogP contribution is -2.24. The number of fused-ring (bicyclic) bond motifs is 1. The maximum atomic E-state index is 13.0. The first kappa shape index (κ1) is 20.1. The first-order valence-corrected chi connectivity index (χ1v) is 10.3. The number of benzene rings is 2. The Hall–Kier alpha value is -3.18. The summed E-state index contributed by atoms with van der Waals surface area (Å²) in [5, 5.41) is 15.2. The average molecular weight is 402 g/mol. The summed E-state index contributed by atoms with van der Waals surface area (Å²) in [5.74, 6) is 0.469. The quantitative estimate of drug-likeness (QED) is 0.530. The normalized spacial score (nSPS) is 12.6. The van der Waals surface area contributed by atoms with Gasteiger partial charge < -0.3 is 9.67 Å². The molecule has 5 nitrogen and oxygen atoms in total. The van der Waals surface area contributed by atoms with Crippen LogP contribution in [0.2, 0.25) is 0 Å². The van der Waals surface area contributed by atoms with Crippen LogP contribution in [-0.2, 0) is 6.54 Å². The zero-order valence-corrected chi connectivity index (χ0v) is 17.8. The van der Waals surface area contributed by atoms with Gasteiger partial charge in [0.1, 0.15) is 5.52 Å². The molecule has 0 bridgehead atoms. The van der Waals surface area contributed by atoms with Gasteiger partial charge in [-0.3, -0.25) is 4.79 Å². The van der Waals surface area contributed by atoms with Gasteiger partial charge in [-0.05, 0) is 48.1 Å². The van der Waals surface area contributed by atoms with Crippen molar-refractivity contribution in [2.24, 2.45) is 0 Å². The molecule has 0 aliphatic carbocycles. The molecule has 0 aliphatic rings. The minimum Gasteiger partial charge on any atom is -0.387 e. The maximum Gasteiger partial charge on any atom is 0.276 e. The predicted molar refractivity (Wildman–Crippen MR) is 120 cm³/mol. The molecule has 0 aliphatic heterocycles. The van der Waals surface area contributed by atoms with Crippen molar-refractivity contribution in [1.82, 2.24) is 14.2 Å². The van der Waals surface area contributed by atoms with Crippen LogP contribution in [0.1, 0.15) is 48.1 Å². The van der Waals surface area contributed by atoms with Crippen molar-refractivity contribution in [1.29, 1.82) is 0 Å². The van der Waals surface area contributed by atoms with Crippen molar-refractivity contribution in [2.75, 3.05) is 0 Å². The molecule has 5 heteroatoms. The minimum absolute atomic E-state index is 0.169. The van der Waals surface area contributed by atoms with Crippen molar-refractivity contribution in [3.8, 4) is 11.3 Å². The summed E-state index contributed by atoms with van der Waals surface area (Å²) in [4.78, 5) is 13.0. The van der Waals surface area contributed by atoms with Crippen LogP contribution in [0.3, 0.4) is 0 Å². The van der Waals surface area contributed by atoms with Crippen molar-refractivity contribution >= 4 is 5.52 Å². The Morgan fingerprint density at radius 1 is 0.933 bits per heavy atom. The number of aliphatic hydroxyl groups is 1. The van der Waals surface area contributed by atoms with E-state index in [4.69, 9.17) is 0 Å². The number of hydrogen-bond donors (Lipinski definition) is 1. The Kier molecular flexibility index (Phi) is 5.31. The van der Waals surface area contributed by atoms with Gasteiger partial charge >= 0.3 is 0 Å². The summed E-state index contributed by atoms with van der Waals surface area (Å²) in [6, 6.07) is 16.0. The number of rotatable bonds is 5. The third-order valence-corrected chi connectivity index (χ3v) is 5.76. The SMILES string of the molecule is Cc1ccc(C(O)Cn2ccn3nc(-c4ccc(C(C)C)cc4)cc3c2=O)cc1C. The molecule has 0 radical (unpaired) electrons. The fourth-order valence-corrected chi connectivity index (χ4v) is 3.61. The number of aryl methyl sites for hydroxylation is 2. The summed E-state index contributed by atoms with van der Waals surface area (Å²) >= 11 is 0. The van der Waals surface area contributed by atoms with Gasteiger partial charge in [0, 0.05) is 18.0 Å². The predicted octanol–water partition coefficient (Wildman–Crippen LogP) is 4.64. The highest BCUT2D eigenvalue weighted by Crippen LogP contribution is 2.23. The second-order valence-corrected chi connectivity index (χ2v) is 8.25. The van der Waals surface area contributed by atoms with E-state index in [1.807, 2.05) is 50.2 Å². The summed E-state index contributed by atoms with van der Waals surface area (Å²) in [6.45, 7) is 8.58. The van der Waals surface area contributed by atoms with Crippen LogP contribution in [0.25, 0.3) is 16.8 Å². The topological polar surface area (TPSA) is 59.5 Å². The van der Waals surface area contributed by atoms with Gasteiger partial charge in [-0.25, -0.2) is 4.52 Å². The highest BCUT2D eigenvalue weighted by Gasteiger charge is 2.14. The second-order valence-electron chi connectivity index (χ2n) is 8.25. The lowest BCUT2D eigenvalue weighted by atomic mass is 10.0. The Bertz CT molecular complexity index is 1250. The fraction of sp³-hybridized carbons (Fsp3) is 0.280. The van der Waals surface area contributed by atoms with Crippen LogP contribution < -0.4 is 5.56 Å². The van der Waals surface area contributed by atoms with Crippen LogP contribution >= 0.6 is 0 Å². The van der Waals surface area contributed by atoms with Crippen LogP contribution in [0.5, 0.6) is 0 Å². The molecular formula is C25H27N3O2. The van der Waals surface area contributed by atoms with Gasteiger partial charge in [-0.15, -0.1) is 0 Å². The summed E-state index contributed by atoms with van der Waals surface area (Å²) in [7, 11) is 0. The Morgan fingerprint density at radius 2 is 1.63 bits per heavy atom. The van der Waals surface area contributed by atoms with Gasteiger partial charge in [0.25, 0.3) is 5.56 Å². The standard InChI is InChI=1S/C25H27N3O2/c1-16(2)19-7-9-20(10-8-19)22-14-23-25(30)27(11-12-28(23)26-22)15-24(29)21-6-5-17(3)18(4)13-21/h5-14,16,24,29H,15H2,1-4H3. The van der Waals surface area contributed by atoms with Gasteiger partial charge in [0.2, 0.25) is 0 Å². The second kappa shape index (κ2) is 7.92. The number of aliphatic hydroxyl groups excluding tert-OH is 1. The zero-order valence-electron chi connectivity index (χ0n) is 17.8. The molecule has 0 saturated heterocycles. The molecule has 2 aromatic carbocycles. The molecule has 1 N–H and O–H groups in total. The Labute approximate surface area is 176 Å². The molecular weight excluding hydrogens is 374 g/mol. The lowest BCUT2D eigenvalue weighted by molar-refractivity contribution is 0.155. The maximum absolute atomic E-state index is 13.0. The monoisotopic (exact) mass is 401 g/mol. The first-order chi connectivity index (χ1) is 14.3. The van der Waals surface area contributed by atoms with E-state index in [-0.39, 0.29) is 12.1 Å². The molecule has 0 spiro atoms. The number of nitrogens with zero attached hydrogens (tertiary/aromatic N) is 3. The third-order valence-electron chi connectivity index (χ3n) is 5.76. The van der Waals surface area contributed by atoms with Crippen molar-refractivity contribution < 1.29 is 5.11 Å². The van der Waals surface area contributed by atoms with E-state index in [2.05, 4.69) is 31.1 Å². The van der Waals surface area contributed by atoms with E-state index >= 15 is 0 Å². The highest BCUT2D eigenvalue weighted by molar-refractivity contribution is 5.65. The van der Waals surface area contributed by atoms with Gasteiger partial charge in [-0.2, -0.15) is 5.10 Å². The third kappa shape index (κ3) is 3.81. The minimum atomic E-state index is -0.754.